The lowest BCUT2D eigenvalue weighted by molar-refractivity contribution is -0.384. The van der Waals surface area contributed by atoms with Gasteiger partial charge in [-0.05, 0) is 45.3 Å². The molecule has 0 saturated carbocycles. The zero-order chi connectivity index (χ0) is 37.6. The first-order chi connectivity index (χ1) is 22.5. The van der Waals surface area contributed by atoms with E-state index in [1.807, 2.05) is 14.1 Å². The number of rotatable bonds is 6. The Morgan fingerprint density at radius 3 is 1.38 bits per heavy atom. The number of anilines is 4. The first-order valence-corrected chi connectivity index (χ1v) is 13.6. The van der Waals surface area contributed by atoms with E-state index in [1.165, 1.54) is 44.3 Å². The number of nitrogen functional groups attached to an aromatic ring is 4. The van der Waals surface area contributed by atoms with Crippen LogP contribution in [-0.2, 0) is 9.53 Å². The Balaban J connectivity index is 0. The first-order valence-electron chi connectivity index (χ1n) is 13.6. The van der Waals surface area contributed by atoms with Crippen LogP contribution in [0.5, 0.6) is 0 Å². The minimum Gasteiger partial charge on any atom is -0.478 e. The number of nitrogens with two attached hydrogens (primary N) is 4. The highest BCUT2D eigenvalue weighted by atomic mass is 16.6. The molecule has 19 heteroatoms. The van der Waals surface area contributed by atoms with E-state index in [0.29, 0.717) is 23.5 Å². The molecule has 12 N–H and O–H groups in total. The van der Waals surface area contributed by atoms with Crippen molar-refractivity contribution in [3.8, 4) is 0 Å². The van der Waals surface area contributed by atoms with E-state index in [9.17, 15) is 39.4 Å². The number of carboxylic acid groups (broad SMARTS) is 1. The van der Waals surface area contributed by atoms with Crippen LogP contribution in [0.25, 0.3) is 0 Å². The Labute approximate surface area is 275 Å². The predicted molar refractivity (Wildman–Crippen MR) is 181 cm³/mol. The van der Waals surface area contributed by atoms with Crippen LogP contribution in [0.2, 0.25) is 0 Å². The first kappa shape index (κ1) is 43.6. The van der Waals surface area contributed by atoms with Gasteiger partial charge in [0, 0.05) is 33.2 Å². The van der Waals surface area contributed by atoms with Crippen molar-refractivity contribution in [2.24, 2.45) is 0 Å². The van der Waals surface area contributed by atoms with Gasteiger partial charge in [0.15, 0.2) is 0 Å². The molecule has 0 aliphatic rings. The lowest BCUT2D eigenvalue weighted by Gasteiger charge is -2.05. The Hall–Kier alpha value is -6.50. The van der Waals surface area contributed by atoms with Crippen LogP contribution in [-0.4, -0.2) is 73.5 Å². The molecule has 0 heterocycles. The summed E-state index contributed by atoms with van der Waals surface area (Å²) in [6.45, 7) is 3.65. The number of hydrogen-bond acceptors (Lipinski definition) is 14. The van der Waals surface area contributed by atoms with Gasteiger partial charge in [-0.1, -0.05) is 18.2 Å². The van der Waals surface area contributed by atoms with Crippen LogP contribution in [0.15, 0.2) is 54.6 Å². The number of ether oxygens (including phenoxy) is 1. The smallest absolute Gasteiger partial charge is 0.338 e. The van der Waals surface area contributed by atoms with Crippen molar-refractivity contribution < 1.29 is 38.9 Å². The molecule has 3 rings (SSSR count). The SMILES string of the molecule is CCOC(C)=O.CNC.CNC(=O)c1cccc(N)c1N.CNC(=O)c1cccc([N+](=O)[O-])c1N.Nc1c(C(=O)O)cccc1[N+](=O)[O-]. The number of nitro benzene ring substituents is 2. The zero-order valence-electron chi connectivity index (χ0n) is 27.2. The number of esters is 1. The largest absolute Gasteiger partial charge is 0.478 e. The maximum Gasteiger partial charge on any atom is 0.338 e. The third-order valence-electron chi connectivity index (χ3n) is 5.22. The number of para-hydroxylation sites is 3. The number of nitro groups is 2. The van der Waals surface area contributed by atoms with Crippen molar-refractivity contribution in [3.63, 3.8) is 0 Å². The van der Waals surface area contributed by atoms with Gasteiger partial charge in [-0.2, -0.15) is 0 Å². The number of carbonyl (C=O) groups is 4. The van der Waals surface area contributed by atoms with Gasteiger partial charge in [-0.15, -0.1) is 0 Å². The number of aromatic carboxylic acids is 1. The van der Waals surface area contributed by atoms with E-state index in [-0.39, 0.29) is 45.8 Å². The Bertz CT molecular complexity index is 1530. The fourth-order valence-electron chi connectivity index (χ4n) is 3.06. The monoisotopic (exact) mass is 675 g/mol. The molecule has 2 amide bonds. The number of nitrogens with zero attached hydrogens (tertiary/aromatic N) is 2. The second kappa shape index (κ2) is 22.9. The summed E-state index contributed by atoms with van der Waals surface area (Å²) in [4.78, 5) is 62.1. The van der Waals surface area contributed by atoms with Crippen molar-refractivity contribution in [1.29, 1.82) is 0 Å². The van der Waals surface area contributed by atoms with Crippen LogP contribution in [0.1, 0.15) is 44.9 Å². The van der Waals surface area contributed by atoms with Gasteiger partial charge in [0.05, 0.1) is 44.5 Å². The standard InChI is InChI=1S/C8H9N3O3.C8H11N3O.C7H6N2O4.C4H8O2.C2H7N/c1-10-8(12)5-3-2-4-6(7(5)9)11(13)14;1-11-8(12)5-3-2-4-6(9)7(5)10;8-6-4(7(10)11)2-1-3-5(6)9(12)13;1-3-6-4(2)5;1-3-2/h2-4H,9H2,1H3,(H,10,12);2-4H,9-10H2,1H3,(H,11,12);1-3H,8H2,(H,10,11);3H2,1-2H3;3H,1-2H3. The fraction of sp³-hybridized carbons (Fsp3) is 0.241. The van der Waals surface area contributed by atoms with Crippen LogP contribution < -0.4 is 38.9 Å². The Morgan fingerprint density at radius 1 is 0.708 bits per heavy atom. The molecule has 0 unspecified atom stereocenters. The molecule has 48 heavy (non-hydrogen) atoms. The van der Waals surface area contributed by atoms with Crippen molar-refractivity contribution in [1.82, 2.24) is 16.0 Å². The molecule has 0 saturated heterocycles. The molecule has 0 fully saturated rings. The number of benzene rings is 3. The molecule has 0 spiro atoms. The van der Waals surface area contributed by atoms with Crippen LogP contribution in [0, 0.1) is 20.2 Å². The average Bonchev–Trinajstić information content (AvgIpc) is 3.02. The van der Waals surface area contributed by atoms with Crippen LogP contribution >= 0.6 is 0 Å². The van der Waals surface area contributed by atoms with Crippen molar-refractivity contribution >= 4 is 57.9 Å². The van der Waals surface area contributed by atoms with Crippen LogP contribution in [0.4, 0.5) is 34.1 Å². The van der Waals surface area contributed by atoms with Gasteiger partial charge in [0.1, 0.15) is 11.4 Å². The summed E-state index contributed by atoms with van der Waals surface area (Å²) in [5.41, 5.74) is 21.8. The summed E-state index contributed by atoms with van der Waals surface area (Å²) in [5, 5.41) is 36.9. The van der Waals surface area contributed by atoms with Gasteiger partial charge >= 0.3 is 11.9 Å². The zero-order valence-corrected chi connectivity index (χ0v) is 27.2. The molecular formula is C29H41N9O10. The summed E-state index contributed by atoms with van der Waals surface area (Å²) < 4.78 is 4.40. The van der Waals surface area contributed by atoms with Gasteiger partial charge < -0.3 is 48.7 Å². The van der Waals surface area contributed by atoms with Gasteiger partial charge in [0.25, 0.3) is 23.2 Å². The lowest BCUT2D eigenvalue weighted by Crippen LogP contribution is -2.19. The molecule has 19 nitrogen and oxygen atoms in total. The highest BCUT2D eigenvalue weighted by Crippen LogP contribution is 2.25. The van der Waals surface area contributed by atoms with E-state index < -0.39 is 21.7 Å². The topological polar surface area (TPSA) is 324 Å². The summed E-state index contributed by atoms with van der Waals surface area (Å²) in [5.74, 6) is -2.15. The maximum atomic E-state index is 11.2. The molecule has 0 aliphatic carbocycles. The molecule has 0 aliphatic heterocycles. The molecule has 3 aromatic rings. The third kappa shape index (κ3) is 15.0. The molecule has 0 aromatic heterocycles. The lowest BCUT2D eigenvalue weighted by atomic mass is 10.1. The minimum atomic E-state index is -1.28. The van der Waals surface area contributed by atoms with E-state index in [2.05, 4.69) is 20.7 Å². The Morgan fingerprint density at radius 2 is 1.06 bits per heavy atom. The predicted octanol–water partition coefficient (Wildman–Crippen LogP) is 2.03. The maximum absolute atomic E-state index is 11.2. The normalized spacial score (nSPS) is 9.04. The van der Waals surface area contributed by atoms with Crippen molar-refractivity contribution in [2.75, 3.05) is 57.7 Å². The third-order valence-corrected chi connectivity index (χ3v) is 5.22. The van der Waals surface area contributed by atoms with Gasteiger partial charge in [-0.3, -0.25) is 34.6 Å². The molecule has 262 valence electrons. The summed E-state index contributed by atoms with van der Waals surface area (Å²) >= 11 is 0. The molecule has 3 aromatic carbocycles. The molecule has 0 bridgehead atoms. The molecule has 0 radical (unpaired) electrons. The van der Waals surface area contributed by atoms with Crippen molar-refractivity contribution in [2.45, 2.75) is 13.8 Å². The molecule has 0 atom stereocenters. The highest BCUT2D eigenvalue weighted by Gasteiger charge is 2.18. The highest BCUT2D eigenvalue weighted by molar-refractivity contribution is 6.01. The number of amides is 2. The number of carboxylic acids is 1. The number of hydrogen-bond donors (Lipinski definition) is 8. The summed E-state index contributed by atoms with van der Waals surface area (Å²) in [6, 6.07) is 12.7. The van der Waals surface area contributed by atoms with E-state index in [1.54, 1.807) is 32.2 Å². The summed E-state index contributed by atoms with van der Waals surface area (Å²) in [7, 11) is 6.73. The van der Waals surface area contributed by atoms with E-state index in [4.69, 9.17) is 28.0 Å². The van der Waals surface area contributed by atoms with Crippen molar-refractivity contribution in [3.05, 3.63) is 91.5 Å². The number of carbonyl (C=O) groups excluding carboxylic acids is 3. The second-order valence-electron chi connectivity index (χ2n) is 8.69. The quantitative estimate of drug-likeness (QED) is 0.0801. The Kier molecular flexibility index (Phi) is 20.8. The number of nitrogens with one attached hydrogen (secondary N) is 3. The van der Waals surface area contributed by atoms with Crippen LogP contribution in [0.3, 0.4) is 0 Å². The van der Waals surface area contributed by atoms with Gasteiger partial charge in [-0.25, -0.2) is 4.79 Å². The average molecular weight is 676 g/mol. The van der Waals surface area contributed by atoms with E-state index >= 15 is 0 Å². The van der Waals surface area contributed by atoms with E-state index in [0.717, 1.165) is 6.07 Å². The fourth-order valence-corrected chi connectivity index (χ4v) is 3.06. The molecular weight excluding hydrogens is 634 g/mol. The van der Waals surface area contributed by atoms with Gasteiger partial charge in [0.2, 0.25) is 0 Å². The second-order valence-corrected chi connectivity index (χ2v) is 8.69. The minimum absolute atomic E-state index is 0.113. The summed E-state index contributed by atoms with van der Waals surface area (Å²) in [6.07, 6.45) is 0.